The molecule has 1 N–H and O–H groups in total. The Hall–Kier alpha value is -1.01. The van der Waals surface area contributed by atoms with Crippen molar-refractivity contribution in [2.75, 3.05) is 45.9 Å². The van der Waals surface area contributed by atoms with E-state index >= 15 is 0 Å². The van der Waals surface area contributed by atoms with Gasteiger partial charge in [0.1, 0.15) is 5.75 Å². The lowest BCUT2D eigenvalue weighted by Crippen LogP contribution is -2.49. The largest absolute Gasteiger partial charge is 0.491 e. The van der Waals surface area contributed by atoms with E-state index < -0.39 is 0 Å². The van der Waals surface area contributed by atoms with E-state index in [1.54, 1.807) is 18.2 Å². The number of nitrogens with one attached hydrogen (secondary N) is 1. The van der Waals surface area contributed by atoms with Crippen molar-refractivity contribution < 1.29 is 9.53 Å². The summed E-state index contributed by atoms with van der Waals surface area (Å²) in [5.74, 6) is 0.715. The maximum atomic E-state index is 12.4. The van der Waals surface area contributed by atoms with E-state index in [9.17, 15) is 4.79 Å². The van der Waals surface area contributed by atoms with Crippen LogP contribution in [0.2, 0.25) is 10.0 Å². The molecular weight excluding hydrogens is 349 g/mol. The molecule has 1 aromatic rings. The summed E-state index contributed by atoms with van der Waals surface area (Å²) in [4.78, 5) is 16.8. The minimum atomic E-state index is 0.151. The third kappa shape index (κ3) is 4.54. The minimum Gasteiger partial charge on any atom is -0.491 e. The van der Waals surface area contributed by atoms with Crippen molar-refractivity contribution in [1.82, 2.24) is 15.1 Å². The van der Waals surface area contributed by atoms with Gasteiger partial charge in [-0.2, -0.15) is 0 Å². The lowest BCUT2D eigenvalue weighted by atomic mass is 10.2. The number of hydrogen-bond acceptors (Lipinski definition) is 4. The third-order valence-corrected chi connectivity index (χ3v) is 5.18. The van der Waals surface area contributed by atoms with Gasteiger partial charge in [-0.05, 0) is 24.6 Å². The lowest BCUT2D eigenvalue weighted by molar-refractivity contribution is -0.130. The molecule has 2 saturated heterocycles. The van der Waals surface area contributed by atoms with Gasteiger partial charge in [-0.3, -0.25) is 9.69 Å². The Kier molecular flexibility index (Phi) is 6.22. The highest BCUT2D eigenvalue weighted by molar-refractivity contribution is 6.35. The maximum absolute atomic E-state index is 12.4. The monoisotopic (exact) mass is 371 g/mol. The summed E-state index contributed by atoms with van der Waals surface area (Å²) < 4.78 is 5.61. The first-order chi connectivity index (χ1) is 11.6. The minimum absolute atomic E-state index is 0.151. The quantitative estimate of drug-likeness (QED) is 0.862. The second-order valence-electron chi connectivity index (χ2n) is 6.24. The summed E-state index contributed by atoms with van der Waals surface area (Å²) in [7, 11) is 0. The molecule has 7 heteroatoms. The number of likely N-dealkylation sites (tertiary alicyclic amines) is 1. The molecule has 0 bridgehead atoms. The van der Waals surface area contributed by atoms with Gasteiger partial charge in [0.25, 0.3) is 0 Å². The van der Waals surface area contributed by atoms with Crippen molar-refractivity contribution >= 4 is 29.1 Å². The summed E-state index contributed by atoms with van der Waals surface area (Å²) in [5.41, 5.74) is 0. The van der Waals surface area contributed by atoms with Gasteiger partial charge in [-0.1, -0.05) is 23.2 Å². The highest BCUT2D eigenvalue weighted by Crippen LogP contribution is 2.27. The van der Waals surface area contributed by atoms with Crippen LogP contribution in [0.1, 0.15) is 12.8 Å². The van der Waals surface area contributed by atoms with Crippen molar-refractivity contribution in [3.8, 4) is 5.75 Å². The molecule has 0 spiro atoms. The van der Waals surface area contributed by atoms with E-state index in [1.807, 2.05) is 4.90 Å². The molecule has 24 heavy (non-hydrogen) atoms. The molecule has 2 fully saturated rings. The fourth-order valence-corrected chi connectivity index (χ4v) is 3.78. The van der Waals surface area contributed by atoms with Crippen LogP contribution < -0.4 is 10.1 Å². The van der Waals surface area contributed by atoms with Gasteiger partial charge >= 0.3 is 0 Å². The number of rotatable bonds is 5. The molecule has 2 aliphatic heterocycles. The molecule has 5 nitrogen and oxygen atoms in total. The Morgan fingerprint density at radius 2 is 2.04 bits per heavy atom. The number of hydrogen-bond donors (Lipinski definition) is 1. The number of halogens is 2. The number of nitrogens with zero attached hydrogens (tertiary/aromatic N) is 2. The highest BCUT2D eigenvalue weighted by Gasteiger charge is 2.30. The predicted octanol–water partition coefficient (Wildman–Crippen LogP) is 2.27. The molecule has 0 aromatic heterocycles. The summed E-state index contributed by atoms with van der Waals surface area (Å²) in [6, 6.07) is 5.59. The summed E-state index contributed by atoms with van der Waals surface area (Å²) >= 11 is 11.9. The number of carbonyl (C=O) groups is 1. The summed E-state index contributed by atoms with van der Waals surface area (Å²) in [5, 5.41) is 4.40. The smallest absolute Gasteiger partial charge is 0.226 e. The van der Waals surface area contributed by atoms with E-state index in [1.165, 1.54) is 0 Å². The van der Waals surface area contributed by atoms with Crippen LogP contribution in [0.15, 0.2) is 18.2 Å². The molecule has 0 saturated carbocycles. The van der Waals surface area contributed by atoms with E-state index in [0.717, 1.165) is 45.7 Å². The zero-order valence-electron chi connectivity index (χ0n) is 13.6. The molecule has 1 amide bonds. The summed E-state index contributed by atoms with van der Waals surface area (Å²) in [6.45, 7) is 6.24. The van der Waals surface area contributed by atoms with Crippen molar-refractivity contribution in [2.24, 2.45) is 0 Å². The number of amides is 1. The average molecular weight is 372 g/mol. The van der Waals surface area contributed by atoms with Gasteiger partial charge in [0, 0.05) is 50.3 Å². The molecular formula is C17H23Cl2N3O2. The zero-order valence-corrected chi connectivity index (χ0v) is 15.2. The first-order valence-electron chi connectivity index (χ1n) is 8.44. The Balaban J connectivity index is 1.42. The molecule has 3 rings (SSSR count). The Bertz CT molecular complexity index is 579. The molecule has 2 heterocycles. The maximum Gasteiger partial charge on any atom is 0.226 e. The van der Waals surface area contributed by atoms with Crippen LogP contribution in [0.5, 0.6) is 5.75 Å². The van der Waals surface area contributed by atoms with Gasteiger partial charge in [0.2, 0.25) is 5.91 Å². The topological polar surface area (TPSA) is 44.8 Å². The van der Waals surface area contributed by atoms with Crippen molar-refractivity contribution in [2.45, 2.75) is 18.9 Å². The van der Waals surface area contributed by atoms with Crippen LogP contribution in [0, 0.1) is 0 Å². The summed E-state index contributed by atoms with van der Waals surface area (Å²) in [6.07, 6.45) is 1.43. The zero-order chi connectivity index (χ0) is 16.9. The predicted molar refractivity (Wildman–Crippen MR) is 96.0 cm³/mol. The number of carbonyl (C=O) groups excluding carboxylic acids is 1. The van der Waals surface area contributed by atoms with E-state index in [0.29, 0.717) is 34.9 Å². The first-order valence-corrected chi connectivity index (χ1v) is 9.19. The first kappa shape index (κ1) is 17.8. The Morgan fingerprint density at radius 1 is 1.25 bits per heavy atom. The van der Waals surface area contributed by atoms with Crippen LogP contribution in [0.3, 0.4) is 0 Å². The van der Waals surface area contributed by atoms with Gasteiger partial charge in [0.05, 0.1) is 18.1 Å². The van der Waals surface area contributed by atoms with E-state index in [4.69, 9.17) is 27.9 Å². The molecule has 0 aliphatic carbocycles. The fraction of sp³-hybridized carbons (Fsp3) is 0.588. The van der Waals surface area contributed by atoms with Crippen LogP contribution >= 0.6 is 23.2 Å². The second kappa shape index (κ2) is 8.39. The SMILES string of the molecule is O=C(CCOc1ccc(Cl)cc1Cl)N1CCC(N2CCNCC2)C1. The van der Waals surface area contributed by atoms with Gasteiger partial charge in [0.15, 0.2) is 0 Å². The lowest BCUT2D eigenvalue weighted by Gasteiger charge is -2.32. The normalized spacial score (nSPS) is 21.9. The van der Waals surface area contributed by atoms with E-state index in [2.05, 4.69) is 10.2 Å². The fourth-order valence-electron chi connectivity index (χ4n) is 3.31. The molecule has 0 radical (unpaired) electrons. The van der Waals surface area contributed by atoms with Gasteiger partial charge in [-0.25, -0.2) is 0 Å². The number of benzene rings is 1. The van der Waals surface area contributed by atoms with Crippen molar-refractivity contribution in [3.05, 3.63) is 28.2 Å². The number of piperazine rings is 1. The van der Waals surface area contributed by atoms with E-state index in [-0.39, 0.29) is 5.91 Å². The highest BCUT2D eigenvalue weighted by atomic mass is 35.5. The van der Waals surface area contributed by atoms with Crippen molar-refractivity contribution in [3.63, 3.8) is 0 Å². The average Bonchev–Trinajstić information content (AvgIpc) is 3.08. The Labute approximate surface area is 152 Å². The van der Waals surface area contributed by atoms with Crippen LogP contribution in [-0.2, 0) is 4.79 Å². The number of ether oxygens (including phenoxy) is 1. The van der Waals surface area contributed by atoms with Crippen LogP contribution in [-0.4, -0.2) is 67.6 Å². The van der Waals surface area contributed by atoms with Crippen LogP contribution in [0.4, 0.5) is 0 Å². The molecule has 1 atom stereocenters. The third-order valence-electron chi connectivity index (χ3n) is 4.65. The molecule has 1 unspecified atom stereocenters. The molecule has 132 valence electrons. The molecule has 2 aliphatic rings. The Morgan fingerprint density at radius 3 is 2.79 bits per heavy atom. The van der Waals surface area contributed by atoms with Crippen molar-refractivity contribution in [1.29, 1.82) is 0 Å². The standard InChI is InChI=1S/C17H23Cl2N3O2/c18-13-1-2-16(15(19)11-13)24-10-4-17(23)22-7-3-14(12-22)21-8-5-20-6-9-21/h1-2,11,14,20H,3-10,12H2. The van der Waals surface area contributed by atoms with Gasteiger partial charge < -0.3 is 15.0 Å². The second-order valence-corrected chi connectivity index (χ2v) is 7.09. The van der Waals surface area contributed by atoms with Crippen LogP contribution in [0.25, 0.3) is 0 Å². The molecule has 1 aromatic carbocycles. The van der Waals surface area contributed by atoms with Gasteiger partial charge in [-0.15, -0.1) is 0 Å².